The summed E-state index contributed by atoms with van der Waals surface area (Å²) in [7, 11) is 0. The van der Waals surface area contributed by atoms with E-state index in [1.165, 1.54) is 0 Å². The Morgan fingerprint density at radius 2 is 1.59 bits per heavy atom. The van der Waals surface area contributed by atoms with Gasteiger partial charge < -0.3 is 24.1 Å². The van der Waals surface area contributed by atoms with Crippen LogP contribution in [0, 0.1) is 0 Å². The van der Waals surface area contributed by atoms with E-state index in [9.17, 15) is 14.7 Å². The number of nitrogens with one attached hydrogen (secondary N) is 1. The second kappa shape index (κ2) is 8.49. The molecule has 0 aliphatic carbocycles. The summed E-state index contributed by atoms with van der Waals surface area (Å²) in [5.74, 6) is 0.303. The SMILES string of the molecule is CC(C)(C)OC(=O)NC(O)(CCc1ccc2c(c1)OCCO2)C(=O)OC(C)(C)C. The first kappa shape index (κ1) is 22.8. The summed E-state index contributed by atoms with van der Waals surface area (Å²) in [5, 5.41) is 13.2. The smallest absolute Gasteiger partial charge is 0.410 e. The quantitative estimate of drug-likeness (QED) is 0.569. The first-order valence-electron chi connectivity index (χ1n) is 9.63. The van der Waals surface area contributed by atoms with Gasteiger partial charge in [-0.2, -0.15) is 0 Å². The summed E-state index contributed by atoms with van der Waals surface area (Å²) in [6.45, 7) is 11.1. The van der Waals surface area contributed by atoms with Crippen molar-refractivity contribution in [3.05, 3.63) is 23.8 Å². The van der Waals surface area contributed by atoms with Crippen molar-refractivity contribution in [3.63, 3.8) is 0 Å². The van der Waals surface area contributed by atoms with Crippen LogP contribution in [0.2, 0.25) is 0 Å². The van der Waals surface area contributed by atoms with Crippen LogP contribution in [0.3, 0.4) is 0 Å². The number of fused-ring (bicyclic) bond motifs is 1. The lowest BCUT2D eigenvalue weighted by molar-refractivity contribution is -0.181. The summed E-state index contributed by atoms with van der Waals surface area (Å²) in [4.78, 5) is 24.9. The van der Waals surface area contributed by atoms with Gasteiger partial charge in [0.15, 0.2) is 11.5 Å². The molecule has 1 aliphatic heterocycles. The second-order valence-electron chi connectivity index (χ2n) is 8.97. The molecule has 1 atom stereocenters. The Morgan fingerprint density at radius 3 is 2.17 bits per heavy atom. The third-order valence-electron chi connectivity index (χ3n) is 3.83. The first-order valence-corrected chi connectivity index (χ1v) is 9.63. The minimum absolute atomic E-state index is 0.110. The van der Waals surface area contributed by atoms with Gasteiger partial charge in [0.2, 0.25) is 5.72 Å². The topological polar surface area (TPSA) is 103 Å². The highest BCUT2D eigenvalue weighted by Crippen LogP contribution is 2.31. The average molecular weight is 409 g/mol. The number of aryl methyl sites for hydroxylation is 1. The van der Waals surface area contributed by atoms with Crippen LogP contribution in [0.1, 0.15) is 53.5 Å². The lowest BCUT2D eigenvalue weighted by Crippen LogP contribution is -2.57. The largest absolute Gasteiger partial charge is 0.486 e. The number of aliphatic hydroxyl groups is 1. The molecule has 0 saturated heterocycles. The van der Waals surface area contributed by atoms with Crippen LogP contribution in [-0.4, -0.2) is 47.3 Å². The Balaban J connectivity index is 2.15. The highest BCUT2D eigenvalue weighted by molar-refractivity contribution is 5.84. The number of hydrogen-bond acceptors (Lipinski definition) is 7. The van der Waals surface area contributed by atoms with Crippen molar-refractivity contribution in [2.45, 2.75) is 71.3 Å². The molecule has 1 aromatic rings. The minimum atomic E-state index is -2.25. The van der Waals surface area contributed by atoms with Crippen molar-refractivity contribution in [3.8, 4) is 11.5 Å². The Labute approximate surface area is 171 Å². The molecule has 1 amide bonds. The van der Waals surface area contributed by atoms with E-state index < -0.39 is 29.0 Å². The highest BCUT2D eigenvalue weighted by Gasteiger charge is 2.42. The molecular weight excluding hydrogens is 378 g/mol. The number of amides is 1. The van der Waals surface area contributed by atoms with Crippen LogP contribution >= 0.6 is 0 Å². The number of carbonyl (C=O) groups excluding carboxylic acids is 2. The van der Waals surface area contributed by atoms with E-state index in [1.54, 1.807) is 53.7 Å². The number of ether oxygens (including phenoxy) is 4. The molecule has 0 bridgehead atoms. The van der Waals surface area contributed by atoms with Crippen molar-refractivity contribution in [2.24, 2.45) is 0 Å². The zero-order valence-electron chi connectivity index (χ0n) is 18.0. The Morgan fingerprint density at radius 1 is 1.00 bits per heavy atom. The molecule has 1 heterocycles. The first-order chi connectivity index (χ1) is 13.3. The van der Waals surface area contributed by atoms with Crippen LogP contribution in [-0.2, 0) is 20.7 Å². The minimum Gasteiger partial charge on any atom is -0.486 e. The van der Waals surface area contributed by atoms with E-state index in [1.807, 2.05) is 6.07 Å². The molecule has 1 unspecified atom stereocenters. The van der Waals surface area contributed by atoms with E-state index in [2.05, 4.69) is 5.32 Å². The number of alkyl carbamates (subject to hydrolysis) is 1. The van der Waals surface area contributed by atoms with Gasteiger partial charge in [-0.05, 0) is 65.7 Å². The fraction of sp³-hybridized carbons (Fsp3) is 0.619. The molecule has 0 aromatic heterocycles. The van der Waals surface area contributed by atoms with E-state index >= 15 is 0 Å². The maximum absolute atomic E-state index is 12.6. The molecule has 2 rings (SSSR count). The van der Waals surface area contributed by atoms with Gasteiger partial charge in [0.1, 0.15) is 24.4 Å². The number of rotatable bonds is 5. The fourth-order valence-corrected chi connectivity index (χ4v) is 2.62. The molecule has 0 radical (unpaired) electrons. The predicted molar refractivity (Wildman–Crippen MR) is 106 cm³/mol. The van der Waals surface area contributed by atoms with Gasteiger partial charge in [0.05, 0.1) is 0 Å². The van der Waals surface area contributed by atoms with Gasteiger partial charge in [0, 0.05) is 6.42 Å². The van der Waals surface area contributed by atoms with Crippen LogP contribution in [0.25, 0.3) is 0 Å². The molecule has 2 N–H and O–H groups in total. The summed E-state index contributed by atoms with van der Waals surface area (Å²) >= 11 is 0. The van der Waals surface area contributed by atoms with E-state index in [0.717, 1.165) is 5.56 Å². The molecule has 1 aromatic carbocycles. The fourth-order valence-electron chi connectivity index (χ4n) is 2.62. The summed E-state index contributed by atoms with van der Waals surface area (Å²) in [6, 6.07) is 5.38. The van der Waals surface area contributed by atoms with Crippen molar-refractivity contribution in [1.82, 2.24) is 5.32 Å². The lowest BCUT2D eigenvalue weighted by atomic mass is 10.0. The third kappa shape index (κ3) is 7.12. The third-order valence-corrected chi connectivity index (χ3v) is 3.83. The van der Waals surface area contributed by atoms with Gasteiger partial charge in [-0.15, -0.1) is 0 Å². The van der Waals surface area contributed by atoms with Crippen molar-refractivity contribution in [1.29, 1.82) is 0 Å². The normalized spacial score (nSPS) is 15.8. The Bertz CT molecular complexity index is 748. The number of carbonyl (C=O) groups is 2. The summed E-state index contributed by atoms with van der Waals surface area (Å²) < 4.78 is 21.5. The number of benzene rings is 1. The number of hydrogen-bond donors (Lipinski definition) is 2. The van der Waals surface area contributed by atoms with E-state index in [-0.39, 0.29) is 12.8 Å². The van der Waals surface area contributed by atoms with Crippen molar-refractivity contribution < 1.29 is 33.6 Å². The lowest BCUT2D eigenvalue weighted by Gasteiger charge is -2.32. The van der Waals surface area contributed by atoms with Crippen LogP contribution in [0.15, 0.2) is 18.2 Å². The zero-order chi connectivity index (χ0) is 21.9. The monoisotopic (exact) mass is 409 g/mol. The maximum atomic E-state index is 12.6. The van der Waals surface area contributed by atoms with Crippen molar-refractivity contribution >= 4 is 12.1 Å². The van der Waals surface area contributed by atoms with E-state index in [0.29, 0.717) is 24.7 Å². The second-order valence-corrected chi connectivity index (χ2v) is 8.97. The van der Waals surface area contributed by atoms with Crippen LogP contribution in [0.4, 0.5) is 4.79 Å². The summed E-state index contributed by atoms with van der Waals surface area (Å²) in [6.07, 6.45) is -0.740. The van der Waals surface area contributed by atoms with E-state index in [4.69, 9.17) is 18.9 Å². The molecule has 0 spiro atoms. The average Bonchev–Trinajstić information content (AvgIpc) is 2.56. The van der Waals surface area contributed by atoms with Gasteiger partial charge in [-0.3, -0.25) is 5.32 Å². The summed E-state index contributed by atoms with van der Waals surface area (Å²) in [5.41, 5.74) is -3.06. The van der Waals surface area contributed by atoms with Crippen molar-refractivity contribution in [2.75, 3.05) is 13.2 Å². The standard InChI is InChI=1S/C21H31NO7/c1-19(2,3)28-17(23)21(25,22-18(24)29-20(4,5)6)10-9-14-7-8-15-16(13-14)27-12-11-26-15/h7-8,13,25H,9-12H2,1-6H3,(H,22,24). The highest BCUT2D eigenvalue weighted by atomic mass is 16.6. The van der Waals surface area contributed by atoms with Crippen LogP contribution in [0.5, 0.6) is 11.5 Å². The molecule has 0 saturated carbocycles. The van der Waals surface area contributed by atoms with Gasteiger partial charge in [-0.1, -0.05) is 6.07 Å². The van der Waals surface area contributed by atoms with Gasteiger partial charge in [-0.25, -0.2) is 9.59 Å². The van der Waals surface area contributed by atoms with Gasteiger partial charge >= 0.3 is 12.1 Å². The molecule has 8 nitrogen and oxygen atoms in total. The molecule has 162 valence electrons. The molecule has 29 heavy (non-hydrogen) atoms. The van der Waals surface area contributed by atoms with Gasteiger partial charge in [0.25, 0.3) is 0 Å². The predicted octanol–water partition coefficient (Wildman–Crippen LogP) is 2.95. The molecule has 1 aliphatic rings. The molecular formula is C21H31NO7. The molecule has 0 fully saturated rings. The maximum Gasteiger partial charge on any atom is 0.410 e. The molecule has 8 heteroatoms. The Kier molecular flexibility index (Phi) is 6.67. The van der Waals surface area contributed by atoms with Crippen LogP contribution < -0.4 is 14.8 Å². The number of esters is 1. The Hall–Kier alpha value is -2.48. The zero-order valence-corrected chi connectivity index (χ0v) is 18.0.